The molecule has 15 heavy (non-hydrogen) atoms. The largest absolute Gasteiger partial charge is 0.364 e. The van der Waals surface area contributed by atoms with Crippen molar-refractivity contribution in [2.24, 2.45) is 0 Å². The summed E-state index contributed by atoms with van der Waals surface area (Å²) in [4.78, 5) is 9.91. The highest BCUT2D eigenvalue weighted by Gasteiger charge is 2.22. The Morgan fingerprint density at radius 2 is 2.20 bits per heavy atom. The lowest BCUT2D eigenvalue weighted by atomic mass is 10.2. The van der Waals surface area contributed by atoms with E-state index >= 15 is 0 Å². The molecule has 4 heteroatoms. The summed E-state index contributed by atoms with van der Waals surface area (Å²) in [6, 6.07) is 4.26. The Morgan fingerprint density at radius 3 is 3.00 bits per heavy atom. The number of nitrogens with zero attached hydrogens (tertiary/aromatic N) is 2. The molecule has 2 heterocycles. The van der Waals surface area contributed by atoms with Crippen molar-refractivity contribution in [1.29, 1.82) is 0 Å². The molecule has 2 N–H and O–H groups in total. The van der Waals surface area contributed by atoms with Crippen LogP contribution in [-0.4, -0.2) is 23.2 Å². The van der Waals surface area contributed by atoms with E-state index in [0.717, 1.165) is 16.9 Å². The highest BCUT2D eigenvalue weighted by molar-refractivity contribution is 5.90. The monoisotopic (exact) mass is 202 g/mol. The zero-order chi connectivity index (χ0) is 10.6. The van der Waals surface area contributed by atoms with Crippen molar-refractivity contribution >= 4 is 22.4 Å². The summed E-state index contributed by atoms with van der Waals surface area (Å²) in [5.41, 5.74) is 4.54. The summed E-state index contributed by atoms with van der Waals surface area (Å²) in [6.07, 6.45) is 0.354. The first-order valence-electron chi connectivity index (χ1n) is 5.15. The van der Waals surface area contributed by atoms with Crippen LogP contribution in [0.25, 0.3) is 11.0 Å². The van der Waals surface area contributed by atoms with Gasteiger partial charge >= 0.3 is 0 Å². The number of rotatable bonds is 0. The van der Waals surface area contributed by atoms with Crippen molar-refractivity contribution in [3.05, 3.63) is 18.0 Å². The molecule has 1 atom stereocenters. The number of aryl methyl sites for hydroxylation is 1. The lowest BCUT2D eigenvalue weighted by Gasteiger charge is -2.16. The molecule has 4 nitrogen and oxygen atoms in total. The molecule has 0 saturated carbocycles. The molecule has 2 aromatic rings. The van der Waals surface area contributed by atoms with E-state index in [2.05, 4.69) is 46.3 Å². The number of H-pyrrole nitrogens is 1. The second kappa shape index (κ2) is 2.66. The van der Waals surface area contributed by atoms with Gasteiger partial charge in [0.15, 0.2) is 0 Å². The van der Waals surface area contributed by atoms with Crippen molar-refractivity contribution < 1.29 is 0 Å². The Bertz CT molecular complexity index is 529. The minimum Gasteiger partial charge on any atom is -0.364 e. The second-order valence-electron chi connectivity index (χ2n) is 4.14. The smallest absolute Gasteiger partial charge is 0.104 e. The van der Waals surface area contributed by atoms with Crippen LogP contribution in [-0.2, 0) is 0 Å². The average Bonchev–Trinajstić information content (AvgIpc) is 2.65. The topological polar surface area (TPSA) is 44.0 Å². The number of aromatic amines is 1. The third kappa shape index (κ3) is 1.11. The Kier molecular flexibility index (Phi) is 1.52. The molecule has 3 rings (SSSR count). The summed E-state index contributed by atoms with van der Waals surface area (Å²) < 4.78 is 0. The van der Waals surface area contributed by atoms with E-state index in [1.807, 2.05) is 6.92 Å². The highest BCUT2D eigenvalue weighted by Crippen LogP contribution is 2.35. The molecule has 1 aliphatic heterocycles. The molecule has 1 unspecified atom stereocenters. The van der Waals surface area contributed by atoms with Gasteiger partial charge < -0.3 is 15.2 Å². The lowest BCUT2D eigenvalue weighted by Crippen LogP contribution is -2.28. The Hall–Kier alpha value is -1.71. The molecule has 1 aromatic heterocycles. The van der Waals surface area contributed by atoms with Crippen LogP contribution in [0.4, 0.5) is 11.4 Å². The summed E-state index contributed by atoms with van der Waals surface area (Å²) in [5.74, 6) is 0.962. The standard InChI is InChI=1S/C11H14N4/c1-6-12-8-4-10-11(5-9(8)13-6)15(3)7(2)14-10/h4-5,7,14H,1-3H3,(H,12,13). The van der Waals surface area contributed by atoms with Crippen LogP contribution < -0.4 is 10.2 Å². The fourth-order valence-electron chi connectivity index (χ4n) is 2.11. The molecule has 0 bridgehead atoms. The van der Waals surface area contributed by atoms with Crippen molar-refractivity contribution in [1.82, 2.24) is 9.97 Å². The first-order chi connectivity index (χ1) is 7.15. The predicted octanol–water partition coefficient (Wildman–Crippen LogP) is 2.08. The van der Waals surface area contributed by atoms with Gasteiger partial charge in [-0.25, -0.2) is 4.98 Å². The lowest BCUT2D eigenvalue weighted by molar-refractivity contribution is 0.806. The van der Waals surface area contributed by atoms with Gasteiger partial charge in [-0.1, -0.05) is 0 Å². The van der Waals surface area contributed by atoms with E-state index < -0.39 is 0 Å². The third-order valence-corrected chi connectivity index (χ3v) is 3.04. The fourth-order valence-corrected chi connectivity index (χ4v) is 2.11. The molecule has 0 saturated heterocycles. The quantitative estimate of drug-likeness (QED) is 0.687. The number of imidazole rings is 1. The van der Waals surface area contributed by atoms with Crippen LogP contribution in [0.1, 0.15) is 12.7 Å². The van der Waals surface area contributed by atoms with Crippen LogP contribution in [0.5, 0.6) is 0 Å². The third-order valence-electron chi connectivity index (χ3n) is 3.04. The maximum atomic E-state index is 4.44. The van der Waals surface area contributed by atoms with E-state index in [1.165, 1.54) is 11.4 Å². The molecule has 1 aliphatic rings. The summed E-state index contributed by atoms with van der Waals surface area (Å²) in [5, 5.41) is 3.43. The summed E-state index contributed by atoms with van der Waals surface area (Å²) >= 11 is 0. The van der Waals surface area contributed by atoms with Gasteiger partial charge in [0, 0.05) is 7.05 Å². The molecule has 1 aromatic carbocycles. The number of benzene rings is 1. The Morgan fingerprint density at radius 1 is 1.40 bits per heavy atom. The number of aromatic nitrogens is 2. The first kappa shape index (κ1) is 8.59. The van der Waals surface area contributed by atoms with Gasteiger partial charge in [-0.2, -0.15) is 0 Å². The van der Waals surface area contributed by atoms with Crippen molar-refractivity contribution in [3.8, 4) is 0 Å². The normalized spacial score (nSPS) is 19.4. The van der Waals surface area contributed by atoms with E-state index in [-0.39, 0.29) is 0 Å². The molecule has 0 aliphatic carbocycles. The molecule has 78 valence electrons. The van der Waals surface area contributed by atoms with Crippen molar-refractivity contribution in [2.45, 2.75) is 20.0 Å². The van der Waals surface area contributed by atoms with Crippen LogP contribution in [0.3, 0.4) is 0 Å². The maximum absolute atomic E-state index is 4.44. The van der Waals surface area contributed by atoms with Crippen LogP contribution >= 0.6 is 0 Å². The van der Waals surface area contributed by atoms with Gasteiger partial charge in [0.2, 0.25) is 0 Å². The van der Waals surface area contributed by atoms with Gasteiger partial charge in [0.1, 0.15) is 5.82 Å². The summed E-state index contributed by atoms with van der Waals surface area (Å²) in [7, 11) is 2.09. The van der Waals surface area contributed by atoms with E-state index in [9.17, 15) is 0 Å². The van der Waals surface area contributed by atoms with Crippen LogP contribution in [0.2, 0.25) is 0 Å². The number of nitrogens with one attached hydrogen (secondary N) is 2. The maximum Gasteiger partial charge on any atom is 0.104 e. The minimum absolute atomic E-state index is 0.354. The zero-order valence-electron chi connectivity index (χ0n) is 9.13. The summed E-state index contributed by atoms with van der Waals surface area (Å²) in [6.45, 7) is 4.12. The van der Waals surface area contributed by atoms with Crippen molar-refractivity contribution in [2.75, 3.05) is 17.3 Å². The van der Waals surface area contributed by atoms with Gasteiger partial charge in [0.05, 0.1) is 28.6 Å². The molecule has 0 amide bonds. The van der Waals surface area contributed by atoms with E-state index in [0.29, 0.717) is 6.17 Å². The number of anilines is 2. The Balaban J connectivity index is 2.25. The minimum atomic E-state index is 0.354. The van der Waals surface area contributed by atoms with Crippen LogP contribution in [0.15, 0.2) is 12.1 Å². The molecular weight excluding hydrogens is 188 g/mol. The highest BCUT2D eigenvalue weighted by atomic mass is 15.3. The number of hydrogen-bond donors (Lipinski definition) is 2. The first-order valence-corrected chi connectivity index (χ1v) is 5.15. The van der Waals surface area contributed by atoms with Gasteiger partial charge in [-0.3, -0.25) is 0 Å². The average molecular weight is 202 g/mol. The molecule has 0 fully saturated rings. The molecule has 0 spiro atoms. The van der Waals surface area contributed by atoms with Gasteiger partial charge in [0.25, 0.3) is 0 Å². The fraction of sp³-hybridized carbons (Fsp3) is 0.364. The van der Waals surface area contributed by atoms with Gasteiger partial charge in [-0.05, 0) is 26.0 Å². The zero-order valence-corrected chi connectivity index (χ0v) is 9.13. The van der Waals surface area contributed by atoms with Crippen molar-refractivity contribution in [3.63, 3.8) is 0 Å². The number of fused-ring (bicyclic) bond motifs is 2. The molecular formula is C11H14N4. The van der Waals surface area contributed by atoms with Crippen LogP contribution in [0, 0.1) is 6.92 Å². The molecule has 0 radical (unpaired) electrons. The second-order valence-corrected chi connectivity index (χ2v) is 4.14. The van der Waals surface area contributed by atoms with E-state index in [1.54, 1.807) is 0 Å². The Labute approximate surface area is 88.3 Å². The van der Waals surface area contributed by atoms with Gasteiger partial charge in [-0.15, -0.1) is 0 Å². The number of hydrogen-bond acceptors (Lipinski definition) is 3. The van der Waals surface area contributed by atoms with E-state index in [4.69, 9.17) is 0 Å². The SMILES string of the molecule is Cc1nc2cc3c(cc2[nH]1)NC(C)N3C. The predicted molar refractivity (Wildman–Crippen MR) is 62.3 cm³/mol.